The van der Waals surface area contributed by atoms with Crippen molar-refractivity contribution in [1.29, 1.82) is 5.26 Å². The lowest BCUT2D eigenvalue weighted by Crippen LogP contribution is -2.71. The van der Waals surface area contributed by atoms with Gasteiger partial charge in [0.2, 0.25) is 0 Å². The average Bonchev–Trinajstić information content (AvgIpc) is 0.864. The van der Waals surface area contributed by atoms with Crippen LogP contribution >= 0.6 is 46.0 Å². The van der Waals surface area contributed by atoms with Crippen molar-refractivity contribution in [3.05, 3.63) is 296 Å². The number of amides is 2. The summed E-state index contributed by atoms with van der Waals surface area (Å²) < 4.78 is 47.1. The highest BCUT2D eigenvalue weighted by atomic mass is 35.5. The number of carbonyl (C=O) groups is 4. The van der Waals surface area contributed by atoms with E-state index in [2.05, 4.69) is 21.9 Å². The van der Waals surface area contributed by atoms with Gasteiger partial charge in [-0.15, -0.1) is 46.0 Å². The third kappa shape index (κ3) is 16.2. The van der Waals surface area contributed by atoms with Gasteiger partial charge >= 0.3 is 11.9 Å². The highest BCUT2D eigenvalue weighted by Crippen LogP contribution is 2.48. The summed E-state index contributed by atoms with van der Waals surface area (Å²) in [4.78, 5) is 74.1. The number of allylic oxidation sites excluding steroid dienone is 2. The summed E-state index contributed by atoms with van der Waals surface area (Å²) >= 11 is 9.43. The minimum Gasteiger partial charge on any atom is -0.462 e. The smallest absolute Gasteiger partial charge is 0.356 e. The van der Waals surface area contributed by atoms with E-state index in [0.717, 1.165) is 39.4 Å². The fourth-order valence-electron chi connectivity index (χ4n) is 11.1. The number of esters is 2. The molecule has 2 aromatic heterocycles. The third-order valence-electron chi connectivity index (χ3n) is 15.7. The standard InChI is InChI=1S/C75H67ClN6O13S3/c1-87-41-43-89-48-91-65-59(45-77)98-68(66(65)92-49-90-44-42-88-2)67(73(86)94-64(52-29-14-5-15-30-52)53-31-16-6-17-32-53)95-81-60(58-47-97-74(78-58)80-75(55-34-18-7-19-35-55,56-36-20-8-21-37-56)57-38-22-9-23-39-57)69(83)79-61-70(84)82-62(54(33-24-40-76)46-96-71(61)82)72(85)93-63(50-25-10-3-11-26-50)51-27-12-4-13-28-51/h3-39,47,61,63-64,67,71H,40-44,46,48-49H2,1-2H3,(H,78,80)(H,79,83)/b33-24+,81-60+/t61-,67?,71-/m1/s1. The highest BCUT2D eigenvalue weighted by Gasteiger charge is 2.55. The van der Waals surface area contributed by atoms with Gasteiger partial charge in [-0.25, -0.2) is 14.6 Å². The number of fused-ring (bicyclic) bond motifs is 1. The van der Waals surface area contributed by atoms with Crippen molar-refractivity contribution in [3.63, 3.8) is 0 Å². The normalized spacial score (nSPS) is 14.9. The molecule has 19 nitrogen and oxygen atoms in total. The molecule has 1 saturated heterocycles. The number of thiophene rings is 1. The van der Waals surface area contributed by atoms with Gasteiger partial charge in [0.25, 0.3) is 17.9 Å². The maximum Gasteiger partial charge on any atom is 0.356 e. The molecule has 2 N–H and O–H groups in total. The van der Waals surface area contributed by atoms with Gasteiger partial charge in [0, 0.05) is 31.2 Å². The van der Waals surface area contributed by atoms with Crippen LogP contribution in [0.25, 0.3) is 0 Å². The maximum atomic E-state index is 15.7. The van der Waals surface area contributed by atoms with Crippen molar-refractivity contribution in [2.75, 3.05) is 71.2 Å². The Morgan fingerprint density at radius 3 is 1.64 bits per heavy atom. The molecular formula is C75H67ClN6O13S3. The van der Waals surface area contributed by atoms with Crippen molar-refractivity contribution >= 4 is 80.6 Å². The van der Waals surface area contributed by atoms with Crippen LogP contribution in [-0.4, -0.2) is 117 Å². The summed E-state index contributed by atoms with van der Waals surface area (Å²) in [7, 11) is 3.03. The monoisotopic (exact) mass is 1390 g/mol. The van der Waals surface area contributed by atoms with E-state index in [4.69, 9.17) is 59.3 Å². The Morgan fingerprint density at radius 2 is 1.16 bits per heavy atom. The zero-order valence-electron chi connectivity index (χ0n) is 53.2. The van der Waals surface area contributed by atoms with Crippen LogP contribution in [0.5, 0.6) is 11.5 Å². The van der Waals surface area contributed by atoms with Crippen LogP contribution in [0.2, 0.25) is 0 Å². The SMILES string of the molecule is COCCOCOc1c(C#N)sc(C(O/N=C(/C(=O)N[C@@H]2C(=O)N3C(C(=O)OC(c4ccccc4)c4ccccc4)=C(/C=C/CCl)CS[C@H]23)c2csc(NC(c3ccccc3)(c3ccccc3)c3ccccc3)n2)C(=O)OC(c2ccccc2)c2ccccc2)c1OCOCCOC. The lowest BCUT2D eigenvalue weighted by atomic mass is 9.77. The van der Waals surface area contributed by atoms with Crippen LogP contribution < -0.4 is 20.1 Å². The minimum atomic E-state index is -1.95. The van der Waals surface area contributed by atoms with Gasteiger partial charge in [-0.05, 0) is 44.5 Å². The van der Waals surface area contributed by atoms with E-state index >= 15 is 14.4 Å². The van der Waals surface area contributed by atoms with Crippen molar-refractivity contribution in [2.45, 2.75) is 35.3 Å². The van der Waals surface area contributed by atoms with Crippen LogP contribution in [0.1, 0.15) is 72.7 Å². The molecule has 0 saturated carbocycles. The number of alkyl halides is 1. The number of benzene rings is 7. The van der Waals surface area contributed by atoms with Gasteiger partial charge in [-0.3, -0.25) is 14.5 Å². The Hall–Kier alpha value is -9.93. The predicted molar refractivity (Wildman–Crippen MR) is 375 cm³/mol. The summed E-state index contributed by atoms with van der Waals surface area (Å²) in [5.74, 6) is -3.36. The Morgan fingerprint density at radius 1 is 0.684 bits per heavy atom. The van der Waals surface area contributed by atoms with E-state index in [-0.39, 0.29) is 77.5 Å². The molecule has 9 aromatic rings. The number of halogens is 1. The largest absolute Gasteiger partial charge is 0.462 e. The fraction of sp³-hybridized carbons (Fsp3) is 0.213. The van der Waals surface area contributed by atoms with Gasteiger partial charge in [0.15, 0.2) is 53.0 Å². The second-order valence-electron chi connectivity index (χ2n) is 21.9. The molecule has 0 spiro atoms. The Bertz CT molecular complexity index is 4090. The van der Waals surface area contributed by atoms with Crippen molar-refractivity contribution in [3.8, 4) is 17.6 Å². The number of anilines is 1. The lowest BCUT2D eigenvalue weighted by molar-refractivity contribution is -0.162. The van der Waals surface area contributed by atoms with Gasteiger partial charge in [0.1, 0.15) is 39.3 Å². The number of ether oxygens (including phenoxy) is 8. The number of thiazole rings is 1. The highest BCUT2D eigenvalue weighted by molar-refractivity contribution is 8.00. The number of nitrogens with zero attached hydrogens (tertiary/aromatic N) is 4. The zero-order chi connectivity index (χ0) is 68.1. The van der Waals surface area contributed by atoms with Gasteiger partial charge < -0.3 is 53.4 Å². The molecule has 4 heterocycles. The third-order valence-corrected chi connectivity index (χ3v) is 19.1. The first-order chi connectivity index (χ1) is 48.1. The number of nitriles is 1. The summed E-state index contributed by atoms with van der Waals surface area (Å²) in [6, 6.07) is 67.0. The molecular weight excluding hydrogens is 1320 g/mol. The van der Waals surface area contributed by atoms with Crippen LogP contribution in [0, 0.1) is 11.3 Å². The molecule has 3 atom stereocenters. The summed E-state index contributed by atoms with van der Waals surface area (Å²) in [5.41, 5.74) is 4.02. The number of aromatic nitrogens is 1. The van der Waals surface area contributed by atoms with Gasteiger partial charge in [0.05, 0.1) is 26.4 Å². The number of carbonyl (C=O) groups excluding carboxylic acids is 4. The summed E-state index contributed by atoms with van der Waals surface area (Å²) in [5, 5.41) is 23.1. The van der Waals surface area contributed by atoms with E-state index in [1.807, 2.05) is 164 Å². The zero-order valence-corrected chi connectivity index (χ0v) is 56.4. The van der Waals surface area contributed by atoms with E-state index in [1.165, 1.54) is 30.9 Å². The molecule has 0 radical (unpaired) electrons. The molecule has 2 aliphatic rings. The number of methoxy groups -OCH3 is 2. The lowest BCUT2D eigenvalue weighted by Gasteiger charge is -2.49. The molecule has 2 amide bonds. The number of hydrogen-bond acceptors (Lipinski definition) is 20. The van der Waals surface area contributed by atoms with Crippen LogP contribution in [0.3, 0.4) is 0 Å². The van der Waals surface area contributed by atoms with E-state index in [0.29, 0.717) is 33.0 Å². The van der Waals surface area contributed by atoms with Crippen molar-refractivity contribution in [1.82, 2.24) is 15.2 Å². The Labute approximate surface area is 584 Å². The molecule has 0 aliphatic carbocycles. The maximum absolute atomic E-state index is 15.7. The number of hydrogen-bond donors (Lipinski definition) is 2. The molecule has 0 bridgehead atoms. The number of β-lactam (4-membered cyclic amide) rings is 1. The Kier molecular flexibility index (Phi) is 24.3. The van der Waals surface area contributed by atoms with Crippen molar-refractivity contribution in [2.24, 2.45) is 5.16 Å². The van der Waals surface area contributed by atoms with E-state index in [9.17, 15) is 10.1 Å². The second kappa shape index (κ2) is 34.3. The van der Waals surface area contributed by atoms with Crippen molar-refractivity contribution < 1.29 is 61.9 Å². The molecule has 2 aliphatic heterocycles. The van der Waals surface area contributed by atoms with E-state index < -0.39 is 71.5 Å². The molecule has 7 aromatic carbocycles. The molecule has 23 heteroatoms. The molecule has 500 valence electrons. The molecule has 1 fully saturated rings. The van der Waals surface area contributed by atoms with Crippen LogP contribution in [0.4, 0.5) is 5.13 Å². The number of oxime groups is 1. The summed E-state index contributed by atoms with van der Waals surface area (Å²) in [6.45, 7) is -0.118. The van der Waals surface area contributed by atoms with Gasteiger partial charge in [-0.1, -0.05) is 230 Å². The fourth-order valence-corrected chi connectivity index (χ4v) is 14.2. The molecule has 11 rings (SSSR count). The first-order valence-corrected chi connectivity index (χ1v) is 34.4. The quantitative estimate of drug-likeness (QED) is 0.00569. The minimum absolute atomic E-state index is 0.0148. The average molecular weight is 1390 g/mol. The topological polar surface area (TPSA) is 228 Å². The number of rotatable bonds is 33. The predicted octanol–water partition coefficient (Wildman–Crippen LogP) is 13.1. The number of nitrogens with one attached hydrogen (secondary N) is 2. The van der Waals surface area contributed by atoms with E-state index in [1.54, 1.807) is 66.1 Å². The molecule has 1 unspecified atom stereocenters. The molecule has 98 heavy (non-hydrogen) atoms. The first kappa shape index (κ1) is 69.4. The summed E-state index contributed by atoms with van der Waals surface area (Å²) in [6.07, 6.45) is -0.483. The van der Waals surface area contributed by atoms with Crippen LogP contribution in [-0.2, 0) is 58.0 Å². The first-order valence-electron chi connectivity index (χ1n) is 31.1. The second-order valence-corrected chi connectivity index (χ2v) is 25.2. The number of thioether (sulfide) groups is 1. The Balaban J connectivity index is 1.02. The van der Waals surface area contributed by atoms with Gasteiger partial charge in [-0.2, -0.15) is 5.26 Å². The van der Waals surface area contributed by atoms with Crippen LogP contribution in [0.15, 0.2) is 246 Å².